The quantitative estimate of drug-likeness (QED) is 0.127. The molecule has 0 spiro atoms. The molecule has 0 bridgehead atoms. The van der Waals surface area contributed by atoms with E-state index in [1.54, 1.807) is 84.9 Å². The van der Waals surface area contributed by atoms with Crippen LogP contribution in [-0.2, 0) is 14.2 Å². The van der Waals surface area contributed by atoms with Gasteiger partial charge >= 0.3 is 17.6 Å². The Balaban J connectivity index is 1.47. The van der Waals surface area contributed by atoms with Crippen molar-refractivity contribution in [2.45, 2.75) is 63.9 Å². The zero-order valence-corrected chi connectivity index (χ0v) is 26.7. The van der Waals surface area contributed by atoms with Gasteiger partial charge in [-0.1, -0.05) is 92.9 Å². The van der Waals surface area contributed by atoms with Gasteiger partial charge in [0.2, 0.25) is 0 Å². The summed E-state index contributed by atoms with van der Waals surface area (Å²) in [6, 6.07) is 24.9. The second-order valence-corrected chi connectivity index (χ2v) is 11.5. The molecule has 0 unspecified atom stereocenters. The molecule has 1 aliphatic rings. The zero-order valence-electron chi connectivity index (χ0n) is 26.7. The maximum atomic E-state index is 13.9. The van der Waals surface area contributed by atoms with Crippen LogP contribution in [0.3, 0.4) is 0 Å². The van der Waals surface area contributed by atoms with Crippen LogP contribution in [0.4, 0.5) is 0 Å². The molecule has 1 aliphatic heterocycles. The number of esters is 2. The van der Waals surface area contributed by atoms with E-state index in [9.17, 15) is 24.0 Å². The molecule has 10 heteroatoms. The predicted molar refractivity (Wildman–Crippen MR) is 180 cm³/mol. The Labute approximate surface area is 278 Å². The van der Waals surface area contributed by atoms with Crippen molar-refractivity contribution < 1.29 is 28.6 Å². The highest BCUT2D eigenvalue weighted by molar-refractivity contribution is 5.95. The van der Waals surface area contributed by atoms with E-state index in [-0.39, 0.29) is 24.2 Å². The first-order chi connectivity index (χ1) is 23.4. The van der Waals surface area contributed by atoms with Gasteiger partial charge in [-0.15, -0.1) is 0 Å². The van der Waals surface area contributed by atoms with Gasteiger partial charge in [0.15, 0.2) is 0 Å². The van der Waals surface area contributed by atoms with E-state index in [0.717, 1.165) is 32.1 Å². The lowest BCUT2D eigenvalue weighted by molar-refractivity contribution is -0.0584. The molecule has 0 saturated carbocycles. The van der Waals surface area contributed by atoms with Crippen LogP contribution >= 0.6 is 0 Å². The van der Waals surface area contributed by atoms with Gasteiger partial charge in [-0.2, -0.15) is 4.57 Å². The number of unbranched alkanes of at least 4 members (excludes halogenated alkanes) is 4. The van der Waals surface area contributed by atoms with Gasteiger partial charge in [0.25, 0.3) is 11.5 Å². The van der Waals surface area contributed by atoms with E-state index in [4.69, 9.17) is 14.2 Å². The van der Waals surface area contributed by atoms with Crippen LogP contribution < -0.4 is 11.2 Å². The highest BCUT2D eigenvalue weighted by atomic mass is 16.6. The molecule has 10 nitrogen and oxygen atoms in total. The summed E-state index contributed by atoms with van der Waals surface area (Å²) in [4.78, 5) is 66.9. The molecule has 2 heterocycles. The van der Waals surface area contributed by atoms with Crippen molar-refractivity contribution in [2.24, 2.45) is 0 Å². The van der Waals surface area contributed by atoms with E-state index in [2.05, 4.69) is 6.92 Å². The SMILES string of the molecule is CCCCCC/C=C/c1cn([C@H]2C[C@H](OC(=O)c3ccccc3)[C@@H](COC(=O)c3ccccc3)O2)c(=O)n(C(=O)c2ccccc2)c1=O. The Hall–Kier alpha value is -5.35. The molecule has 1 aromatic heterocycles. The maximum Gasteiger partial charge on any atom is 0.340 e. The molecule has 1 fully saturated rings. The second kappa shape index (κ2) is 16.5. The molecule has 248 valence electrons. The number of aromatic nitrogens is 2. The normalized spacial score (nSPS) is 17.3. The molecule has 48 heavy (non-hydrogen) atoms. The van der Waals surface area contributed by atoms with Gasteiger partial charge in [-0.25, -0.2) is 14.4 Å². The third-order valence-electron chi connectivity index (χ3n) is 8.03. The van der Waals surface area contributed by atoms with Crippen molar-refractivity contribution in [1.29, 1.82) is 0 Å². The summed E-state index contributed by atoms with van der Waals surface area (Å²) in [6.45, 7) is 1.85. The number of ether oxygens (including phenoxy) is 3. The summed E-state index contributed by atoms with van der Waals surface area (Å²) in [7, 11) is 0. The summed E-state index contributed by atoms with van der Waals surface area (Å²) in [6.07, 6.45) is 6.78. The first-order valence-electron chi connectivity index (χ1n) is 16.2. The Morgan fingerprint density at radius 3 is 2.04 bits per heavy atom. The summed E-state index contributed by atoms with van der Waals surface area (Å²) < 4.78 is 19.4. The number of allylic oxidation sites excluding steroid dienone is 1. The smallest absolute Gasteiger partial charge is 0.340 e. The molecule has 4 aromatic rings. The molecule has 5 rings (SSSR count). The lowest BCUT2D eigenvalue weighted by Crippen LogP contribution is -2.45. The maximum absolute atomic E-state index is 13.9. The van der Waals surface area contributed by atoms with Crippen LogP contribution in [0, 0.1) is 0 Å². The van der Waals surface area contributed by atoms with Crippen LogP contribution in [0.25, 0.3) is 6.08 Å². The van der Waals surface area contributed by atoms with Crippen molar-refractivity contribution in [3.63, 3.8) is 0 Å². The van der Waals surface area contributed by atoms with E-state index < -0.39 is 47.5 Å². The fourth-order valence-corrected chi connectivity index (χ4v) is 5.44. The molecule has 0 N–H and O–H groups in total. The molecule has 1 saturated heterocycles. The lowest BCUT2D eigenvalue weighted by atomic mass is 10.1. The third-order valence-corrected chi connectivity index (χ3v) is 8.03. The Morgan fingerprint density at radius 1 is 0.812 bits per heavy atom. The molecule has 3 aromatic carbocycles. The van der Waals surface area contributed by atoms with E-state index in [0.29, 0.717) is 15.7 Å². The summed E-state index contributed by atoms with van der Waals surface area (Å²) in [5.74, 6) is -2.00. The zero-order chi connectivity index (χ0) is 33.9. The minimum absolute atomic E-state index is 0.00998. The summed E-state index contributed by atoms with van der Waals surface area (Å²) in [5, 5.41) is 0. The lowest BCUT2D eigenvalue weighted by Gasteiger charge is -2.19. The van der Waals surface area contributed by atoms with Crippen LogP contribution in [-0.4, -0.2) is 45.8 Å². The van der Waals surface area contributed by atoms with Gasteiger partial charge in [0, 0.05) is 18.2 Å². The van der Waals surface area contributed by atoms with E-state index in [1.807, 2.05) is 6.08 Å². The van der Waals surface area contributed by atoms with Crippen LogP contribution in [0.15, 0.2) is 113 Å². The van der Waals surface area contributed by atoms with Gasteiger partial charge in [0.1, 0.15) is 25.0 Å². The fourth-order valence-electron chi connectivity index (χ4n) is 5.44. The molecule has 0 amide bonds. The number of nitrogens with zero attached hydrogens (tertiary/aromatic N) is 2. The van der Waals surface area contributed by atoms with Gasteiger partial charge < -0.3 is 14.2 Å². The summed E-state index contributed by atoms with van der Waals surface area (Å²) >= 11 is 0. The highest BCUT2D eigenvalue weighted by Gasteiger charge is 2.41. The minimum Gasteiger partial charge on any atom is -0.459 e. The van der Waals surface area contributed by atoms with Gasteiger partial charge in [0.05, 0.1) is 16.7 Å². The third kappa shape index (κ3) is 8.32. The van der Waals surface area contributed by atoms with Crippen molar-refractivity contribution >= 4 is 23.9 Å². The standard InChI is InChI=1S/C38H38N2O8/c1-2-3-4-5-6-10-23-30-25-39(38(45)40(35(30)42)34(41)27-17-11-7-12-18-27)33-24-31(48-37(44)29-21-15-9-16-22-29)32(47-33)26-46-36(43)28-19-13-8-14-20-28/h7-23,25,31-33H,2-6,24,26H2,1H3/b23-10+/t31-,32+,33+/m0/s1. The topological polar surface area (TPSA) is 123 Å². The summed E-state index contributed by atoms with van der Waals surface area (Å²) in [5.41, 5.74) is -0.737. The Bertz CT molecular complexity index is 1850. The number of carbonyl (C=O) groups excluding carboxylic acids is 3. The number of hydrogen-bond donors (Lipinski definition) is 0. The predicted octanol–water partition coefficient (Wildman–Crippen LogP) is 6.05. The van der Waals surface area contributed by atoms with Crippen molar-refractivity contribution in [1.82, 2.24) is 9.13 Å². The molecule has 3 atom stereocenters. The fraction of sp³-hybridized carbons (Fsp3) is 0.289. The largest absolute Gasteiger partial charge is 0.459 e. The number of carbonyl (C=O) groups is 3. The second-order valence-electron chi connectivity index (χ2n) is 11.5. The minimum atomic E-state index is -1.06. The van der Waals surface area contributed by atoms with E-state index >= 15 is 0 Å². The van der Waals surface area contributed by atoms with Crippen molar-refractivity contribution in [2.75, 3.05) is 6.61 Å². The highest BCUT2D eigenvalue weighted by Crippen LogP contribution is 2.31. The average molecular weight is 651 g/mol. The van der Waals surface area contributed by atoms with Crippen molar-refractivity contribution in [3.05, 3.63) is 146 Å². The number of rotatable bonds is 13. The monoisotopic (exact) mass is 650 g/mol. The molecule has 0 aliphatic carbocycles. The van der Waals surface area contributed by atoms with Crippen molar-refractivity contribution in [3.8, 4) is 0 Å². The van der Waals surface area contributed by atoms with Crippen LogP contribution in [0.5, 0.6) is 0 Å². The first-order valence-corrected chi connectivity index (χ1v) is 16.2. The van der Waals surface area contributed by atoms with Gasteiger partial charge in [-0.05, 0) is 49.2 Å². The Morgan fingerprint density at radius 2 is 1.42 bits per heavy atom. The first kappa shape index (κ1) is 34.0. The van der Waals surface area contributed by atoms with E-state index in [1.165, 1.54) is 22.9 Å². The Kier molecular flexibility index (Phi) is 11.7. The van der Waals surface area contributed by atoms with Crippen LogP contribution in [0.2, 0.25) is 0 Å². The average Bonchev–Trinajstić information content (AvgIpc) is 3.52. The van der Waals surface area contributed by atoms with Crippen LogP contribution in [0.1, 0.15) is 88.3 Å². The van der Waals surface area contributed by atoms with Gasteiger partial charge in [-0.3, -0.25) is 14.2 Å². The molecular formula is C38H38N2O8. The molecular weight excluding hydrogens is 612 g/mol. The molecule has 0 radical (unpaired) electrons. The number of benzene rings is 3. The number of hydrogen-bond acceptors (Lipinski definition) is 8.